The second-order valence-electron chi connectivity index (χ2n) is 10.4. The van der Waals surface area contributed by atoms with Gasteiger partial charge in [0.05, 0.1) is 11.4 Å². The summed E-state index contributed by atoms with van der Waals surface area (Å²) in [7, 11) is 0. The smallest absolute Gasteiger partial charge is 0.274 e. The predicted octanol–water partition coefficient (Wildman–Crippen LogP) is 5.22. The Kier molecular flexibility index (Phi) is 7.07. The lowest BCUT2D eigenvalue weighted by atomic mass is 9.70. The third-order valence-electron chi connectivity index (χ3n) is 6.28. The van der Waals surface area contributed by atoms with E-state index < -0.39 is 0 Å². The molecule has 1 saturated carbocycles. The lowest BCUT2D eigenvalue weighted by molar-refractivity contribution is 0.0868. The van der Waals surface area contributed by atoms with Crippen molar-refractivity contribution >= 4 is 17.7 Å². The zero-order valence-corrected chi connectivity index (χ0v) is 21.7. The third-order valence-corrected chi connectivity index (χ3v) is 7.14. The summed E-state index contributed by atoms with van der Waals surface area (Å²) in [5, 5.41) is 12.6. The highest BCUT2D eigenvalue weighted by atomic mass is 32.2. The Morgan fingerprint density at radius 3 is 2.44 bits per heavy atom. The van der Waals surface area contributed by atoms with E-state index in [9.17, 15) is 4.79 Å². The molecule has 2 aromatic heterocycles. The molecule has 2 unspecified atom stereocenters. The van der Waals surface area contributed by atoms with Crippen LogP contribution >= 0.6 is 11.8 Å². The van der Waals surface area contributed by atoms with Crippen LogP contribution in [0.15, 0.2) is 35.5 Å². The highest BCUT2D eigenvalue weighted by Gasteiger charge is 2.33. The second kappa shape index (κ2) is 9.86. The van der Waals surface area contributed by atoms with Crippen LogP contribution in [0.3, 0.4) is 0 Å². The fraction of sp³-hybridized carbons (Fsp3) is 0.500. The minimum atomic E-state index is -0.162. The van der Waals surface area contributed by atoms with Crippen molar-refractivity contribution in [2.75, 3.05) is 0 Å². The molecule has 3 aromatic rings. The molecule has 4 rings (SSSR count). The summed E-state index contributed by atoms with van der Waals surface area (Å²) in [4.78, 5) is 22.5. The van der Waals surface area contributed by atoms with Crippen molar-refractivity contribution in [1.29, 1.82) is 0 Å². The number of amides is 1. The number of rotatable bonds is 6. The van der Waals surface area contributed by atoms with Crippen LogP contribution in [-0.2, 0) is 5.75 Å². The number of thioether (sulfide) groups is 1. The van der Waals surface area contributed by atoms with Crippen molar-refractivity contribution in [3.05, 3.63) is 58.7 Å². The molecule has 7 nitrogen and oxygen atoms in total. The molecule has 1 aliphatic carbocycles. The first kappa shape index (κ1) is 24.4. The topological polar surface area (TPSA) is 85.6 Å². The highest BCUT2D eigenvalue weighted by molar-refractivity contribution is 7.98. The van der Waals surface area contributed by atoms with Crippen LogP contribution < -0.4 is 5.32 Å². The van der Waals surface area contributed by atoms with E-state index in [1.54, 1.807) is 4.68 Å². The lowest BCUT2D eigenvalue weighted by Gasteiger charge is -2.39. The average molecular weight is 479 g/mol. The van der Waals surface area contributed by atoms with Crippen LogP contribution in [0.5, 0.6) is 0 Å². The molecule has 34 heavy (non-hydrogen) atoms. The first-order valence-corrected chi connectivity index (χ1v) is 12.9. The number of benzene rings is 1. The zero-order chi connectivity index (χ0) is 24.5. The van der Waals surface area contributed by atoms with Crippen LogP contribution in [0.1, 0.15) is 73.2 Å². The number of nitrogens with one attached hydrogen (secondary N) is 1. The van der Waals surface area contributed by atoms with Crippen molar-refractivity contribution in [1.82, 2.24) is 30.3 Å². The van der Waals surface area contributed by atoms with E-state index in [1.807, 2.05) is 51.1 Å². The minimum absolute atomic E-state index is 0.138. The molecule has 1 aromatic carbocycles. The first-order chi connectivity index (χ1) is 16.1. The number of hydrogen-bond donors (Lipinski definition) is 1. The van der Waals surface area contributed by atoms with Crippen molar-refractivity contribution < 1.29 is 4.79 Å². The van der Waals surface area contributed by atoms with Gasteiger partial charge in [0, 0.05) is 23.2 Å². The summed E-state index contributed by atoms with van der Waals surface area (Å²) < 4.78 is 1.76. The van der Waals surface area contributed by atoms with E-state index in [-0.39, 0.29) is 17.4 Å². The van der Waals surface area contributed by atoms with Crippen LogP contribution in [0.2, 0.25) is 0 Å². The van der Waals surface area contributed by atoms with Gasteiger partial charge in [-0.3, -0.25) is 4.79 Å². The Morgan fingerprint density at radius 1 is 1.12 bits per heavy atom. The van der Waals surface area contributed by atoms with Crippen LogP contribution in [-0.4, -0.2) is 36.9 Å². The Morgan fingerprint density at radius 2 is 1.79 bits per heavy atom. The molecule has 2 atom stereocenters. The van der Waals surface area contributed by atoms with E-state index >= 15 is 0 Å². The van der Waals surface area contributed by atoms with Crippen LogP contribution in [0, 0.1) is 32.1 Å². The van der Waals surface area contributed by atoms with Gasteiger partial charge in [0.2, 0.25) is 0 Å². The van der Waals surface area contributed by atoms with E-state index in [4.69, 9.17) is 0 Å². The number of aryl methyl sites for hydroxylation is 3. The fourth-order valence-electron chi connectivity index (χ4n) is 5.10. The van der Waals surface area contributed by atoms with Crippen molar-refractivity contribution in [2.45, 2.75) is 77.8 Å². The summed E-state index contributed by atoms with van der Waals surface area (Å²) in [6.45, 7) is 12.8. The molecule has 0 aliphatic heterocycles. The van der Waals surface area contributed by atoms with Crippen LogP contribution in [0.25, 0.3) is 5.69 Å². The van der Waals surface area contributed by atoms with Gasteiger partial charge < -0.3 is 5.32 Å². The fourth-order valence-corrected chi connectivity index (χ4v) is 6.04. The van der Waals surface area contributed by atoms with E-state index in [1.165, 1.54) is 18.2 Å². The van der Waals surface area contributed by atoms with Gasteiger partial charge in [-0.25, -0.2) is 14.6 Å². The van der Waals surface area contributed by atoms with E-state index in [0.29, 0.717) is 22.5 Å². The zero-order valence-electron chi connectivity index (χ0n) is 20.9. The highest BCUT2D eigenvalue weighted by Crippen LogP contribution is 2.38. The summed E-state index contributed by atoms with van der Waals surface area (Å²) >= 11 is 1.49. The summed E-state index contributed by atoms with van der Waals surface area (Å²) in [6.07, 6.45) is 3.14. The van der Waals surface area contributed by atoms with Gasteiger partial charge in [-0.1, -0.05) is 55.4 Å². The predicted molar refractivity (Wildman–Crippen MR) is 135 cm³/mol. The molecule has 180 valence electrons. The van der Waals surface area contributed by atoms with E-state index in [2.05, 4.69) is 46.4 Å². The van der Waals surface area contributed by atoms with Gasteiger partial charge >= 0.3 is 0 Å². The molecule has 1 N–H and O–H groups in total. The molecule has 2 heterocycles. The summed E-state index contributed by atoms with van der Waals surface area (Å²) in [6, 6.07) is 10.2. The maximum absolute atomic E-state index is 13.4. The normalized spacial score (nSPS) is 19.7. The number of hydrogen-bond acceptors (Lipinski definition) is 6. The molecule has 8 heteroatoms. The standard InChI is InChI=1S/C26H34N6OS/c1-16-7-9-21(10-8-16)32-22(15-34-25-27-18(3)12-19(4)28-25)23(30-31-32)24(33)29-20-11-17(2)13-26(5,6)14-20/h7-10,12,17,20H,11,13-15H2,1-6H3,(H,29,33). The van der Waals surface area contributed by atoms with Crippen molar-refractivity contribution in [2.24, 2.45) is 11.3 Å². The molecule has 1 aliphatic rings. The SMILES string of the molecule is Cc1ccc(-n2nnc(C(=O)NC3CC(C)CC(C)(C)C3)c2CSc2nc(C)cc(C)n2)cc1. The van der Waals surface area contributed by atoms with Gasteiger partial charge in [-0.2, -0.15) is 0 Å². The van der Waals surface area contributed by atoms with Crippen LogP contribution in [0.4, 0.5) is 0 Å². The average Bonchev–Trinajstić information content (AvgIpc) is 3.14. The van der Waals surface area contributed by atoms with Gasteiger partial charge in [0.1, 0.15) is 0 Å². The quantitative estimate of drug-likeness (QED) is 0.386. The maximum atomic E-state index is 13.4. The van der Waals surface area contributed by atoms with E-state index in [0.717, 1.165) is 41.2 Å². The van der Waals surface area contributed by atoms with Gasteiger partial charge in [-0.15, -0.1) is 5.10 Å². The van der Waals surface area contributed by atoms with Gasteiger partial charge in [0.15, 0.2) is 10.9 Å². The molecule has 0 radical (unpaired) electrons. The monoisotopic (exact) mass is 478 g/mol. The minimum Gasteiger partial charge on any atom is -0.348 e. The first-order valence-electron chi connectivity index (χ1n) is 11.9. The van der Waals surface area contributed by atoms with Crippen molar-refractivity contribution in [3.63, 3.8) is 0 Å². The molecule has 0 saturated heterocycles. The molecular formula is C26H34N6OS. The Bertz CT molecular complexity index is 1150. The number of carbonyl (C=O) groups excluding carboxylic acids is 1. The molecular weight excluding hydrogens is 444 g/mol. The lowest BCUT2D eigenvalue weighted by Crippen LogP contribution is -2.43. The van der Waals surface area contributed by atoms with Crippen molar-refractivity contribution in [3.8, 4) is 5.69 Å². The third kappa shape index (κ3) is 5.84. The largest absolute Gasteiger partial charge is 0.348 e. The molecule has 0 spiro atoms. The molecule has 0 bridgehead atoms. The van der Waals surface area contributed by atoms with Gasteiger partial charge in [0.25, 0.3) is 5.91 Å². The van der Waals surface area contributed by atoms with Gasteiger partial charge in [-0.05, 0) is 69.6 Å². The number of carbonyl (C=O) groups is 1. The summed E-state index contributed by atoms with van der Waals surface area (Å²) in [5.74, 6) is 0.901. The Hall–Kier alpha value is -2.74. The summed E-state index contributed by atoms with van der Waals surface area (Å²) in [5.41, 5.74) is 5.22. The number of aromatic nitrogens is 5. The second-order valence-corrected chi connectivity index (χ2v) is 11.4. The molecule has 1 fully saturated rings. The Balaban J connectivity index is 1.62. The number of nitrogens with zero attached hydrogens (tertiary/aromatic N) is 5. The maximum Gasteiger partial charge on any atom is 0.274 e. The Labute approximate surface area is 206 Å². The molecule has 1 amide bonds.